The Balaban J connectivity index is 1.28. The molecule has 7 nitrogen and oxygen atoms in total. The van der Waals surface area contributed by atoms with Crippen LogP contribution in [0.4, 0.5) is 0 Å². The molecule has 0 spiro atoms. The molecule has 0 aromatic carbocycles. The van der Waals surface area contributed by atoms with Gasteiger partial charge in [0.2, 0.25) is 17.6 Å². The van der Waals surface area contributed by atoms with Gasteiger partial charge in [0.15, 0.2) is 0 Å². The summed E-state index contributed by atoms with van der Waals surface area (Å²) in [5.74, 6) is 2.21. The number of nitrogens with zero attached hydrogens (tertiary/aromatic N) is 4. The van der Waals surface area contributed by atoms with Crippen molar-refractivity contribution in [2.45, 2.75) is 13.5 Å². The monoisotopic (exact) mass is 361 g/mol. The quantitative estimate of drug-likeness (QED) is 0.865. The first kappa shape index (κ1) is 16.7. The average molecular weight is 361 g/mol. The van der Waals surface area contributed by atoms with Gasteiger partial charge in [-0.2, -0.15) is 4.98 Å². The van der Waals surface area contributed by atoms with E-state index in [1.165, 1.54) is 0 Å². The molecular formula is C17H23N5O2S. The van der Waals surface area contributed by atoms with Crippen LogP contribution in [-0.2, 0) is 11.3 Å². The lowest BCUT2D eigenvalue weighted by Gasteiger charge is -2.38. The fraction of sp³-hybridized carbons (Fsp3) is 0.588. The summed E-state index contributed by atoms with van der Waals surface area (Å²) in [7, 11) is 0. The lowest BCUT2D eigenvalue weighted by atomic mass is 9.88. The van der Waals surface area contributed by atoms with Crippen LogP contribution in [0.1, 0.15) is 12.8 Å². The lowest BCUT2D eigenvalue weighted by molar-refractivity contribution is -0.139. The summed E-state index contributed by atoms with van der Waals surface area (Å²) >= 11 is 1.60. The number of amides is 1. The number of nitrogens with one attached hydrogen (secondary N) is 1. The molecule has 1 N–H and O–H groups in total. The highest BCUT2D eigenvalue weighted by Crippen LogP contribution is 2.22. The van der Waals surface area contributed by atoms with E-state index in [4.69, 9.17) is 4.52 Å². The molecule has 8 heteroatoms. The van der Waals surface area contributed by atoms with Crippen LogP contribution in [0.25, 0.3) is 10.7 Å². The van der Waals surface area contributed by atoms with E-state index in [1.807, 2.05) is 22.4 Å². The third-order valence-corrected chi connectivity index (χ3v) is 6.03. The molecule has 2 aliphatic heterocycles. The van der Waals surface area contributed by atoms with Crippen molar-refractivity contribution in [3.8, 4) is 10.7 Å². The molecule has 1 unspecified atom stereocenters. The van der Waals surface area contributed by atoms with Crippen molar-refractivity contribution in [3.63, 3.8) is 0 Å². The van der Waals surface area contributed by atoms with Crippen LogP contribution in [0.3, 0.4) is 0 Å². The molecule has 0 bridgehead atoms. The summed E-state index contributed by atoms with van der Waals surface area (Å²) in [5, 5.41) is 9.30. The molecule has 2 saturated heterocycles. The molecule has 4 heterocycles. The molecule has 0 radical (unpaired) electrons. The molecule has 2 aliphatic rings. The fourth-order valence-corrected chi connectivity index (χ4v) is 3.95. The van der Waals surface area contributed by atoms with Gasteiger partial charge in [0, 0.05) is 32.1 Å². The van der Waals surface area contributed by atoms with E-state index in [2.05, 4.69) is 27.3 Å². The van der Waals surface area contributed by atoms with Gasteiger partial charge >= 0.3 is 0 Å². The number of piperazine rings is 1. The third-order valence-electron chi connectivity index (χ3n) is 5.16. The highest BCUT2D eigenvalue weighted by molar-refractivity contribution is 7.13. The second-order valence-electron chi connectivity index (χ2n) is 6.80. The van der Waals surface area contributed by atoms with Gasteiger partial charge in [-0.3, -0.25) is 9.69 Å². The van der Waals surface area contributed by atoms with E-state index in [1.54, 1.807) is 11.3 Å². The van der Waals surface area contributed by atoms with Crippen LogP contribution >= 0.6 is 11.3 Å². The first-order valence-corrected chi connectivity index (χ1v) is 9.67. The molecule has 0 saturated carbocycles. The topological polar surface area (TPSA) is 74.5 Å². The summed E-state index contributed by atoms with van der Waals surface area (Å²) in [6.07, 6.45) is 0. The van der Waals surface area contributed by atoms with Crippen LogP contribution < -0.4 is 5.32 Å². The Labute approximate surface area is 151 Å². The van der Waals surface area contributed by atoms with Crippen molar-refractivity contribution in [3.05, 3.63) is 23.4 Å². The number of rotatable bonds is 5. The second kappa shape index (κ2) is 7.23. The van der Waals surface area contributed by atoms with Crippen LogP contribution in [0.5, 0.6) is 0 Å². The van der Waals surface area contributed by atoms with E-state index < -0.39 is 0 Å². The highest BCUT2D eigenvalue weighted by Gasteiger charge is 2.33. The summed E-state index contributed by atoms with van der Waals surface area (Å²) in [6, 6.07) is 3.97. The Kier molecular flexibility index (Phi) is 4.82. The van der Waals surface area contributed by atoms with E-state index >= 15 is 0 Å². The zero-order valence-electron chi connectivity index (χ0n) is 14.4. The van der Waals surface area contributed by atoms with E-state index in [-0.39, 0.29) is 5.92 Å². The number of carbonyl (C=O) groups is 1. The van der Waals surface area contributed by atoms with Gasteiger partial charge in [-0.25, -0.2) is 0 Å². The van der Waals surface area contributed by atoms with Crippen molar-refractivity contribution in [1.29, 1.82) is 0 Å². The molecular weight excluding hydrogens is 338 g/mol. The van der Waals surface area contributed by atoms with Crippen LogP contribution in [0, 0.1) is 11.8 Å². The maximum Gasteiger partial charge on any atom is 0.241 e. The normalized spacial score (nSPS) is 20.4. The smallest absolute Gasteiger partial charge is 0.241 e. The van der Waals surface area contributed by atoms with Gasteiger partial charge in [-0.15, -0.1) is 11.3 Å². The lowest BCUT2D eigenvalue weighted by Crippen LogP contribution is -2.54. The third kappa shape index (κ3) is 3.61. The number of hydrogen-bond donors (Lipinski definition) is 1. The molecule has 1 amide bonds. The summed E-state index contributed by atoms with van der Waals surface area (Å²) in [6.45, 7) is 7.88. The molecule has 0 aliphatic carbocycles. The first-order valence-electron chi connectivity index (χ1n) is 8.79. The minimum Gasteiger partial charge on any atom is -0.340 e. The van der Waals surface area contributed by atoms with Crippen molar-refractivity contribution in [2.24, 2.45) is 11.8 Å². The molecule has 134 valence electrons. The van der Waals surface area contributed by atoms with Crippen molar-refractivity contribution in [1.82, 2.24) is 25.3 Å². The number of hydrogen-bond acceptors (Lipinski definition) is 7. The number of thiophene rings is 1. The Morgan fingerprint density at radius 2 is 2.20 bits per heavy atom. The zero-order chi connectivity index (χ0) is 17.2. The van der Waals surface area contributed by atoms with Gasteiger partial charge < -0.3 is 14.7 Å². The molecule has 2 fully saturated rings. The summed E-state index contributed by atoms with van der Waals surface area (Å²) in [4.78, 5) is 22.3. The van der Waals surface area contributed by atoms with Crippen molar-refractivity contribution < 1.29 is 9.32 Å². The highest BCUT2D eigenvalue weighted by atomic mass is 32.1. The maximum atomic E-state index is 12.6. The first-order chi connectivity index (χ1) is 12.2. The zero-order valence-corrected chi connectivity index (χ0v) is 15.2. The minimum atomic E-state index is 0.122. The van der Waals surface area contributed by atoms with Gasteiger partial charge in [0.1, 0.15) is 0 Å². The van der Waals surface area contributed by atoms with E-state index in [0.717, 1.165) is 44.1 Å². The maximum absolute atomic E-state index is 12.6. The Morgan fingerprint density at radius 1 is 1.40 bits per heavy atom. The van der Waals surface area contributed by atoms with Gasteiger partial charge in [-0.1, -0.05) is 18.1 Å². The molecule has 2 aromatic rings. The second-order valence-corrected chi connectivity index (χ2v) is 7.75. The van der Waals surface area contributed by atoms with Gasteiger partial charge in [0.05, 0.1) is 11.4 Å². The average Bonchev–Trinajstić information content (AvgIpc) is 3.24. The van der Waals surface area contributed by atoms with Crippen LogP contribution in [0.2, 0.25) is 0 Å². The SMILES string of the molecule is CC(C(=O)N1CCN(Cc2nc(-c3cccs3)no2)CC1)C1CNC1. The Hall–Kier alpha value is -1.77. The molecule has 1 atom stereocenters. The minimum absolute atomic E-state index is 0.122. The number of carbonyl (C=O) groups excluding carboxylic acids is 1. The van der Waals surface area contributed by atoms with Crippen LogP contribution in [-0.4, -0.2) is 65.1 Å². The summed E-state index contributed by atoms with van der Waals surface area (Å²) in [5.41, 5.74) is 0. The number of aromatic nitrogens is 2. The largest absolute Gasteiger partial charge is 0.340 e. The molecule has 25 heavy (non-hydrogen) atoms. The standard InChI is InChI=1S/C17H23N5O2S/c1-12(13-9-18-10-13)17(23)22-6-4-21(5-7-22)11-15-19-16(20-24-15)14-3-2-8-25-14/h2-3,8,12-13,18H,4-7,9-11H2,1H3. The van der Waals surface area contributed by atoms with Gasteiger partial charge in [0.25, 0.3) is 0 Å². The van der Waals surface area contributed by atoms with Crippen LogP contribution in [0.15, 0.2) is 22.0 Å². The van der Waals surface area contributed by atoms with Crippen molar-refractivity contribution in [2.75, 3.05) is 39.3 Å². The summed E-state index contributed by atoms with van der Waals surface area (Å²) < 4.78 is 5.37. The van der Waals surface area contributed by atoms with Crippen molar-refractivity contribution >= 4 is 17.2 Å². The van der Waals surface area contributed by atoms with Gasteiger partial charge in [-0.05, 0) is 30.5 Å². The fourth-order valence-electron chi connectivity index (χ4n) is 3.30. The Morgan fingerprint density at radius 3 is 2.84 bits per heavy atom. The Bertz CT molecular complexity index is 704. The molecule has 2 aromatic heterocycles. The van der Waals surface area contributed by atoms with E-state index in [0.29, 0.717) is 30.1 Å². The van der Waals surface area contributed by atoms with E-state index in [9.17, 15) is 4.79 Å². The molecule has 4 rings (SSSR count). The predicted molar refractivity (Wildman–Crippen MR) is 95.0 cm³/mol. The predicted octanol–water partition coefficient (Wildman–Crippen LogP) is 1.30.